The fourth-order valence-corrected chi connectivity index (χ4v) is 3.12. The van der Waals surface area contributed by atoms with Crippen molar-refractivity contribution < 1.29 is 34.0 Å². The topological polar surface area (TPSA) is 200 Å². The van der Waals surface area contributed by atoms with E-state index in [1.165, 1.54) is 10.9 Å². The molecule has 0 bridgehead atoms. The smallest absolute Gasteiger partial charge is 0.325 e. The van der Waals surface area contributed by atoms with Gasteiger partial charge in [0.1, 0.15) is 23.7 Å². The SMILES string of the molecule is CP(=O)(O)OCC1OC(n2cnc3c2NC(N)N=C3N)C(O)C1OO. The highest BCUT2D eigenvalue weighted by molar-refractivity contribution is 7.51. The number of hydrogen-bond acceptors (Lipinski definition) is 11. The first-order valence-corrected chi connectivity index (χ1v) is 9.25. The number of amidine groups is 1. The molecule has 8 N–H and O–H groups in total. The zero-order valence-electron chi connectivity index (χ0n) is 13.1. The number of nitrogens with two attached hydrogens (primary N) is 2. The quantitative estimate of drug-likeness (QED) is 0.192. The second-order valence-electron chi connectivity index (χ2n) is 5.68. The summed E-state index contributed by atoms with van der Waals surface area (Å²) < 4.78 is 23.1. The first-order valence-electron chi connectivity index (χ1n) is 7.22. The van der Waals surface area contributed by atoms with Crippen LogP contribution in [-0.4, -0.2) is 68.5 Å². The van der Waals surface area contributed by atoms with Crippen molar-refractivity contribution in [2.75, 3.05) is 18.6 Å². The van der Waals surface area contributed by atoms with E-state index in [9.17, 15) is 14.6 Å². The van der Waals surface area contributed by atoms with Gasteiger partial charge in [0, 0.05) is 6.66 Å². The molecule has 14 heteroatoms. The Hall–Kier alpha value is -1.57. The monoisotopic (exact) mass is 378 g/mol. The Morgan fingerprint density at radius 2 is 2.28 bits per heavy atom. The van der Waals surface area contributed by atoms with Gasteiger partial charge in [0.25, 0.3) is 0 Å². The van der Waals surface area contributed by atoms with E-state index in [0.29, 0.717) is 11.5 Å². The maximum absolute atomic E-state index is 11.3. The summed E-state index contributed by atoms with van der Waals surface area (Å²) in [6, 6.07) is 0. The molecule has 3 rings (SSSR count). The molecule has 2 aliphatic rings. The summed E-state index contributed by atoms with van der Waals surface area (Å²) in [6.07, 6.45) is -4.04. The molecule has 140 valence electrons. The highest BCUT2D eigenvalue weighted by atomic mass is 31.2. The van der Waals surface area contributed by atoms with Crippen molar-refractivity contribution in [2.24, 2.45) is 16.5 Å². The van der Waals surface area contributed by atoms with Gasteiger partial charge in [-0.05, 0) is 0 Å². The molecule has 2 aliphatic heterocycles. The lowest BCUT2D eigenvalue weighted by Crippen LogP contribution is -2.38. The molecule has 1 aromatic heterocycles. The minimum absolute atomic E-state index is 0.120. The van der Waals surface area contributed by atoms with E-state index in [-0.39, 0.29) is 12.4 Å². The first kappa shape index (κ1) is 18.2. The normalized spacial score (nSPS) is 34.1. The van der Waals surface area contributed by atoms with Crippen LogP contribution in [0.5, 0.6) is 0 Å². The summed E-state index contributed by atoms with van der Waals surface area (Å²) in [5.41, 5.74) is 11.8. The van der Waals surface area contributed by atoms with Crippen molar-refractivity contribution in [2.45, 2.75) is 30.8 Å². The maximum Gasteiger partial charge on any atom is 0.325 e. The third-order valence-corrected chi connectivity index (χ3v) is 4.41. The van der Waals surface area contributed by atoms with Crippen LogP contribution in [0.15, 0.2) is 11.3 Å². The molecule has 0 aliphatic carbocycles. The molecule has 3 heterocycles. The number of rotatable bonds is 5. The minimum Gasteiger partial charge on any atom is -0.385 e. The van der Waals surface area contributed by atoms with E-state index in [0.717, 1.165) is 6.66 Å². The van der Waals surface area contributed by atoms with Gasteiger partial charge in [-0.15, -0.1) is 0 Å². The van der Waals surface area contributed by atoms with E-state index in [1.54, 1.807) is 0 Å². The number of nitrogens with one attached hydrogen (secondary N) is 1. The molecule has 0 spiro atoms. The molecule has 1 aromatic rings. The second-order valence-corrected chi connectivity index (χ2v) is 7.54. The van der Waals surface area contributed by atoms with Gasteiger partial charge in [-0.1, -0.05) is 0 Å². The number of hydrogen-bond donors (Lipinski definition) is 6. The molecular formula is C11H19N6O7P. The molecule has 0 saturated carbocycles. The number of aliphatic hydroxyl groups excluding tert-OH is 1. The Bertz CT molecular complexity index is 720. The standard InChI is InChI=1S/C11H19N6O7P/c1-25(20,21)22-2-4-7(24-19)6(18)10(23-4)17-3-14-5-8(12)15-11(13)16-9(5)17/h3-4,6-7,10-11,16,18-19H,2,13H2,1H3,(H2,12,15)(H,20,21). The van der Waals surface area contributed by atoms with Crippen molar-refractivity contribution in [3.8, 4) is 0 Å². The molecule has 6 unspecified atom stereocenters. The summed E-state index contributed by atoms with van der Waals surface area (Å²) in [4.78, 5) is 21.5. The van der Waals surface area contributed by atoms with Crippen molar-refractivity contribution in [3.05, 3.63) is 12.0 Å². The number of nitrogens with zero attached hydrogens (tertiary/aromatic N) is 3. The maximum atomic E-state index is 11.3. The van der Waals surface area contributed by atoms with Crippen LogP contribution < -0.4 is 16.8 Å². The second kappa shape index (κ2) is 6.63. The Balaban J connectivity index is 1.84. The lowest BCUT2D eigenvalue weighted by molar-refractivity contribution is -0.299. The average molecular weight is 378 g/mol. The summed E-state index contributed by atoms with van der Waals surface area (Å²) in [5, 5.41) is 22.3. The fourth-order valence-electron chi connectivity index (χ4n) is 2.69. The van der Waals surface area contributed by atoms with Gasteiger partial charge in [0.05, 0.1) is 12.9 Å². The third-order valence-electron chi connectivity index (χ3n) is 3.78. The lowest BCUT2D eigenvalue weighted by atomic mass is 10.1. The largest absolute Gasteiger partial charge is 0.385 e. The number of ether oxygens (including phenoxy) is 1. The highest BCUT2D eigenvalue weighted by Gasteiger charge is 2.47. The Morgan fingerprint density at radius 3 is 2.92 bits per heavy atom. The van der Waals surface area contributed by atoms with Crippen molar-refractivity contribution in [1.29, 1.82) is 0 Å². The zero-order valence-corrected chi connectivity index (χ0v) is 14.0. The molecule has 1 saturated heterocycles. The number of imidazole rings is 1. The summed E-state index contributed by atoms with van der Waals surface area (Å²) in [5.74, 6) is 0.486. The van der Waals surface area contributed by atoms with Crippen LogP contribution in [0.2, 0.25) is 0 Å². The number of anilines is 1. The van der Waals surface area contributed by atoms with Crippen LogP contribution in [0.1, 0.15) is 11.9 Å². The molecule has 25 heavy (non-hydrogen) atoms. The van der Waals surface area contributed by atoms with Gasteiger partial charge >= 0.3 is 7.60 Å². The van der Waals surface area contributed by atoms with Crippen LogP contribution >= 0.6 is 7.60 Å². The number of fused-ring (bicyclic) bond motifs is 1. The van der Waals surface area contributed by atoms with Gasteiger partial charge in [-0.2, -0.15) is 0 Å². The van der Waals surface area contributed by atoms with E-state index < -0.39 is 38.4 Å². The highest BCUT2D eigenvalue weighted by Crippen LogP contribution is 2.40. The zero-order chi connectivity index (χ0) is 18.4. The predicted octanol–water partition coefficient (Wildman–Crippen LogP) is -1.80. The minimum atomic E-state index is -3.77. The van der Waals surface area contributed by atoms with Gasteiger partial charge in [0.2, 0.25) is 0 Å². The van der Waals surface area contributed by atoms with E-state index in [1.807, 2.05) is 0 Å². The van der Waals surface area contributed by atoms with Crippen LogP contribution in [0.4, 0.5) is 5.82 Å². The van der Waals surface area contributed by atoms with Gasteiger partial charge < -0.3 is 30.3 Å². The van der Waals surface area contributed by atoms with Crippen LogP contribution in [0, 0.1) is 0 Å². The first-order chi connectivity index (χ1) is 11.7. The Morgan fingerprint density at radius 1 is 1.56 bits per heavy atom. The molecular weight excluding hydrogens is 359 g/mol. The average Bonchev–Trinajstić information content (AvgIpc) is 3.05. The van der Waals surface area contributed by atoms with Gasteiger partial charge in [0.15, 0.2) is 24.5 Å². The van der Waals surface area contributed by atoms with Crippen LogP contribution in [0.25, 0.3) is 0 Å². The van der Waals surface area contributed by atoms with Crippen LogP contribution in [-0.2, 0) is 18.7 Å². The summed E-state index contributed by atoms with van der Waals surface area (Å²) in [6.45, 7) is 0.626. The molecule has 1 fully saturated rings. The Kier molecular flexibility index (Phi) is 4.83. The van der Waals surface area contributed by atoms with Crippen LogP contribution in [0.3, 0.4) is 0 Å². The van der Waals surface area contributed by atoms with E-state index >= 15 is 0 Å². The molecule has 0 amide bonds. The molecule has 0 radical (unpaired) electrons. The van der Waals surface area contributed by atoms with Gasteiger partial charge in [-0.25, -0.2) is 14.9 Å². The summed E-state index contributed by atoms with van der Waals surface area (Å²) in [7, 11) is -3.77. The number of aliphatic hydroxyl groups is 1. The van der Waals surface area contributed by atoms with E-state index in [2.05, 4.69) is 20.2 Å². The van der Waals surface area contributed by atoms with Crippen molar-refractivity contribution >= 4 is 19.2 Å². The Labute approximate surface area is 141 Å². The van der Waals surface area contributed by atoms with Crippen molar-refractivity contribution in [1.82, 2.24) is 9.55 Å². The number of aromatic nitrogens is 2. The van der Waals surface area contributed by atoms with E-state index in [4.69, 9.17) is 26.0 Å². The molecule has 13 nitrogen and oxygen atoms in total. The molecule has 6 atom stereocenters. The lowest BCUT2D eigenvalue weighted by Gasteiger charge is -2.23. The fraction of sp³-hybridized carbons (Fsp3) is 0.636. The number of aliphatic imine (C=N–C) groups is 1. The third kappa shape index (κ3) is 3.54. The van der Waals surface area contributed by atoms with Crippen molar-refractivity contribution in [3.63, 3.8) is 0 Å². The predicted molar refractivity (Wildman–Crippen MR) is 83.7 cm³/mol. The van der Waals surface area contributed by atoms with Gasteiger partial charge in [-0.3, -0.25) is 20.1 Å². The molecule has 0 aromatic carbocycles. The summed E-state index contributed by atoms with van der Waals surface area (Å²) >= 11 is 0.